The quantitative estimate of drug-likeness (QED) is 0.240. The van der Waals surface area contributed by atoms with Crippen molar-refractivity contribution in [3.05, 3.63) is 35.4 Å². The molecule has 0 aromatic heterocycles. The van der Waals surface area contributed by atoms with Crippen LogP contribution < -0.4 is 0 Å². The van der Waals surface area contributed by atoms with Crippen LogP contribution in [0.4, 0.5) is 0 Å². The second-order valence-electron chi connectivity index (χ2n) is 16.7. The number of ketones is 1. The number of allylic oxidation sites excluding steroid dienone is 1. The number of phenolic OH excluding ortho intramolecular Hbond substituents is 2. The normalized spacial score (nSPS) is 52.3. The summed E-state index contributed by atoms with van der Waals surface area (Å²) in [5.41, 5.74) is -5.41. The van der Waals surface area contributed by atoms with Crippen LogP contribution in [0.1, 0.15) is 90.5 Å². The van der Waals surface area contributed by atoms with Crippen molar-refractivity contribution < 1.29 is 50.4 Å². The highest BCUT2D eigenvalue weighted by atomic mass is 16.6. The molecule has 5 fully saturated rings. The van der Waals surface area contributed by atoms with Crippen molar-refractivity contribution in [2.75, 3.05) is 6.61 Å². The number of ether oxygens (including phenoxy) is 1. The summed E-state index contributed by atoms with van der Waals surface area (Å²) >= 11 is 0. The van der Waals surface area contributed by atoms with Crippen LogP contribution in [0, 0.1) is 40.4 Å². The molecule has 260 valence electrons. The third-order valence-electron chi connectivity index (χ3n) is 14.7. The molecule has 1 heterocycles. The Labute approximate surface area is 276 Å². The van der Waals surface area contributed by atoms with Gasteiger partial charge in [0.15, 0.2) is 5.78 Å². The Morgan fingerprint density at radius 3 is 2.30 bits per heavy atom. The maximum atomic E-state index is 14.3. The molecule has 0 radical (unpaired) electrons. The van der Waals surface area contributed by atoms with E-state index >= 15 is 0 Å². The Balaban J connectivity index is 1.32. The number of fused-ring (bicyclic) bond motifs is 7. The molecule has 6 aliphatic rings. The molecule has 0 amide bonds. The van der Waals surface area contributed by atoms with Crippen LogP contribution in [0.5, 0.6) is 11.5 Å². The first-order chi connectivity index (χ1) is 22.0. The van der Waals surface area contributed by atoms with Crippen LogP contribution >= 0.6 is 0 Å². The molecule has 4 saturated carbocycles. The van der Waals surface area contributed by atoms with E-state index < -0.39 is 69.8 Å². The van der Waals surface area contributed by atoms with Crippen LogP contribution in [-0.2, 0) is 9.53 Å². The summed E-state index contributed by atoms with van der Waals surface area (Å²) in [5, 5.41) is 91.1. The third kappa shape index (κ3) is 4.18. The number of benzene rings is 1. The van der Waals surface area contributed by atoms with Crippen molar-refractivity contribution in [1.29, 1.82) is 0 Å². The lowest BCUT2D eigenvalue weighted by molar-refractivity contribution is -0.232. The summed E-state index contributed by atoms with van der Waals surface area (Å²) in [7, 11) is 0. The molecular formula is C37H52O10. The van der Waals surface area contributed by atoms with E-state index in [1.165, 1.54) is 24.3 Å². The van der Waals surface area contributed by atoms with Crippen LogP contribution in [0.2, 0.25) is 0 Å². The van der Waals surface area contributed by atoms with E-state index in [0.717, 1.165) is 12.8 Å². The first-order valence-electron chi connectivity index (χ1n) is 17.6. The molecule has 10 heteroatoms. The van der Waals surface area contributed by atoms with Gasteiger partial charge in [-0.15, -0.1) is 0 Å². The smallest absolute Gasteiger partial charge is 0.160 e. The van der Waals surface area contributed by atoms with Crippen LogP contribution in [0.3, 0.4) is 0 Å². The molecular weight excluding hydrogens is 604 g/mol. The van der Waals surface area contributed by atoms with Crippen molar-refractivity contribution in [2.45, 2.75) is 126 Å². The van der Waals surface area contributed by atoms with Gasteiger partial charge in [-0.2, -0.15) is 0 Å². The second-order valence-corrected chi connectivity index (χ2v) is 16.7. The minimum atomic E-state index is -1.63. The molecule has 15 atom stereocenters. The number of hydrogen-bond acceptors (Lipinski definition) is 10. The van der Waals surface area contributed by atoms with E-state index in [1.807, 2.05) is 20.8 Å². The van der Waals surface area contributed by atoms with Gasteiger partial charge in [0, 0.05) is 48.7 Å². The predicted molar refractivity (Wildman–Crippen MR) is 170 cm³/mol. The standard InChI is InChI=1S/C37H52O10/c1-18-6-5-8-37(32(44)19(18)2)35(45,10-11-38)31-27(47-37)17-36(46)24-15-25(41)29-28(20-12-21(39)14-22(40)13-20)30(43)26(42)16-33(29,3)23(24)7-9-34(31,36)4/h12-15,18-19,23,26-32,38-40,42-46H,5-11,16-17H2,1-4H3/t18-,19-,23+,26-,27-,28+,29-,30-,31+,32-,33+,34+,35+,36-,37-/m0/s1. The van der Waals surface area contributed by atoms with Gasteiger partial charge in [-0.1, -0.05) is 40.5 Å². The molecule has 1 spiro atoms. The molecule has 0 bridgehead atoms. The SMILES string of the molecule is C[C@H]1[C@@H](C)CCC[C@]2(O[C@H]3C[C@]4(O)C5=CC(=O)[C@H]6[C@@H](c7cc(O)cc(O)c7)[C@@H](O)[C@@H](O)C[C@]6(C)[C@@H]5CC[C@]4(C)[C@@H]3[C@]2(O)CCO)[C@H]1O. The zero-order valence-electron chi connectivity index (χ0n) is 27.8. The minimum absolute atomic E-state index is 0.0122. The fraction of sp³-hybridized carbons (Fsp3) is 0.757. The Bertz CT molecular complexity index is 1460. The minimum Gasteiger partial charge on any atom is -0.508 e. The van der Waals surface area contributed by atoms with Gasteiger partial charge in [-0.3, -0.25) is 4.79 Å². The average Bonchev–Trinajstić information content (AvgIpc) is 3.33. The maximum absolute atomic E-state index is 14.3. The number of phenols is 2. The van der Waals surface area contributed by atoms with Crippen molar-refractivity contribution in [2.24, 2.45) is 40.4 Å². The highest BCUT2D eigenvalue weighted by molar-refractivity contribution is 5.96. The molecule has 10 nitrogen and oxygen atoms in total. The fourth-order valence-corrected chi connectivity index (χ4v) is 12.3. The largest absolute Gasteiger partial charge is 0.508 e. The Morgan fingerprint density at radius 2 is 1.64 bits per heavy atom. The van der Waals surface area contributed by atoms with Gasteiger partial charge in [-0.25, -0.2) is 0 Å². The number of carbonyl (C=O) groups excluding carboxylic acids is 1. The van der Waals surface area contributed by atoms with E-state index in [0.29, 0.717) is 30.4 Å². The van der Waals surface area contributed by atoms with Crippen LogP contribution in [0.15, 0.2) is 29.8 Å². The second kappa shape index (κ2) is 10.7. The zero-order valence-corrected chi connectivity index (χ0v) is 27.8. The first-order valence-corrected chi connectivity index (χ1v) is 17.6. The first kappa shape index (κ1) is 33.4. The number of rotatable bonds is 3. The number of aromatic hydroxyl groups is 2. The van der Waals surface area contributed by atoms with Gasteiger partial charge in [0.2, 0.25) is 0 Å². The van der Waals surface area contributed by atoms with E-state index in [9.17, 15) is 45.6 Å². The summed E-state index contributed by atoms with van der Waals surface area (Å²) in [6.07, 6.45) is 0.719. The highest BCUT2D eigenvalue weighted by Crippen LogP contribution is 2.73. The molecule has 8 N–H and O–H groups in total. The monoisotopic (exact) mass is 656 g/mol. The van der Waals surface area contributed by atoms with Gasteiger partial charge >= 0.3 is 0 Å². The molecule has 0 unspecified atom stereocenters. The average molecular weight is 657 g/mol. The number of aliphatic hydroxyl groups is 6. The fourth-order valence-electron chi connectivity index (χ4n) is 12.3. The molecule has 1 saturated heterocycles. The van der Waals surface area contributed by atoms with E-state index in [2.05, 4.69) is 6.92 Å². The van der Waals surface area contributed by atoms with Crippen molar-refractivity contribution in [1.82, 2.24) is 0 Å². The Morgan fingerprint density at radius 1 is 0.957 bits per heavy atom. The van der Waals surface area contributed by atoms with Gasteiger partial charge in [0.1, 0.15) is 22.7 Å². The van der Waals surface area contributed by atoms with E-state index in [1.54, 1.807) is 0 Å². The van der Waals surface area contributed by atoms with E-state index in [-0.39, 0.29) is 60.9 Å². The van der Waals surface area contributed by atoms with Gasteiger partial charge in [-0.05, 0) is 78.2 Å². The summed E-state index contributed by atoms with van der Waals surface area (Å²) in [4.78, 5) is 14.3. The predicted octanol–water partition coefficient (Wildman–Crippen LogP) is 2.67. The van der Waals surface area contributed by atoms with Gasteiger partial charge in [0.05, 0.1) is 30.0 Å². The number of hydrogen-bond donors (Lipinski definition) is 8. The lowest BCUT2D eigenvalue weighted by atomic mass is 9.43. The summed E-state index contributed by atoms with van der Waals surface area (Å²) in [5.74, 6) is -3.33. The number of carbonyl (C=O) groups is 1. The van der Waals surface area contributed by atoms with Crippen molar-refractivity contribution in [3.8, 4) is 11.5 Å². The molecule has 1 aromatic carbocycles. The van der Waals surface area contributed by atoms with Gasteiger partial charge in [0.25, 0.3) is 0 Å². The zero-order chi connectivity index (χ0) is 34.1. The Kier molecular flexibility index (Phi) is 7.63. The third-order valence-corrected chi connectivity index (χ3v) is 14.7. The number of aliphatic hydroxyl groups excluding tert-OH is 4. The van der Waals surface area contributed by atoms with Gasteiger partial charge < -0.3 is 45.6 Å². The lowest BCUT2D eigenvalue weighted by Crippen LogP contribution is -2.68. The van der Waals surface area contributed by atoms with Crippen molar-refractivity contribution in [3.63, 3.8) is 0 Å². The molecule has 1 aromatic rings. The Hall–Kier alpha value is -2.05. The molecule has 47 heavy (non-hydrogen) atoms. The topological polar surface area (TPSA) is 188 Å². The molecule has 7 rings (SSSR count). The van der Waals surface area contributed by atoms with Crippen LogP contribution in [-0.4, -0.2) is 94.5 Å². The summed E-state index contributed by atoms with van der Waals surface area (Å²) in [6, 6.07) is 3.98. The lowest BCUT2D eigenvalue weighted by Gasteiger charge is -2.62. The van der Waals surface area contributed by atoms with Crippen molar-refractivity contribution >= 4 is 5.78 Å². The van der Waals surface area contributed by atoms with E-state index in [4.69, 9.17) is 4.74 Å². The van der Waals surface area contributed by atoms with Crippen LogP contribution in [0.25, 0.3) is 0 Å². The highest BCUT2D eigenvalue weighted by Gasteiger charge is 2.80. The maximum Gasteiger partial charge on any atom is 0.160 e. The summed E-state index contributed by atoms with van der Waals surface area (Å²) in [6.45, 7) is 7.65. The molecule has 1 aliphatic heterocycles. The molecule has 5 aliphatic carbocycles. The summed E-state index contributed by atoms with van der Waals surface area (Å²) < 4.78 is 6.88.